The molecule has 96 valence electrons. The molecule has 0 aliphatic heterocycles. The van der Waals surface area contributed by atoms with Crippen LogP contribution in [-0.2, 0) is 0 Å². The number of hydrogen-bond donors (Lipinski definition) is 1. The molecule has 0 aliphatic rings. The van der Waals surface area contributed by atoms with Crippen molar-refractivity contribution in [2.45, 2.75) is 17.9 Å². The summed E-state index contributed by atoms with van der Waals surface area (Å²) in [4.78, 5) is 5.31. The molecule has 2 aromatic rings. The van der Waals surface area contributed by atoms with Gasteiger partial charge in [-0.2, -0.15) is 5.26 Å². The van der Waals surface area contributed by atoms with E-state index in [4.69, 9.17) is 0 Å². The lowest BCUT2D eigenvalue weighted by Gasteiger charge is -2.16. The fourth-order valence-electron chi connectivity index (χ4n) is 1.88. The largest absolute Gasteiger partial charge is 0.376 e. The Morgan fingerprint density at radius 1 is 1.26 bits per heavy atom. The average molecular weight is 269 g/mol. The molecule has 1 aromatic heterocycles. The molecule has 0 spiro atoms. The second-order valence-corrected chi connectivity index (χ2v) is 4.96. The molecule has 0 amide bonds. The number of nitrogens with zero attached hydrogens (tertiary/aromatic N) is 2. The molecule has 2 rings (SSSR count). The average Bonchev–Trinajstić information content (AvgIpc) is 2.47. The van der Waals surface area contributed by atoms with Crippen molar-refractivity contribution in [3.05, 3.63) is 53.9 Å². The highest BCUT2D eigenvalue weighted by atomic mass is 32.2. The Balaban J connectivity index is 2.27. The van der Waals surface area contributed by atoms with Gasteiger partial charge >= 0.3 is 0 Å². The number of thioether (sulfide) groups is 1. The van der Waals surface area contributed by atoms with Gasteiger partial charge in [0.25, 0.3) is 0 Å². The van der Waals surface area contributed by atoms with Crippen LogP contribution < -0.4 is 5.32 Å². The molecule has 1 unspecified atom stereocenters. The highest BCUT2D eigenvalue weighted by Crippen LogP contribution is 2.28. The number of pyridine rings is 1. The van der Waals surface area contributed by atoms with Crippen LogP contribution >= 0.6 is 11.8 Å². The number of nitriles is 1. The van der Waals surface area contributed by atoms with Gasteiger partial charge in [-0.3, -0.25) is 4.98 Å². The van der Waals surface area contributed by atoms with Crippen molar-refractivity contribution in [3.8, 4) is 6.07 Å². The van der Waals surface area contributed by atoms with Gasteiger partial charge in [0, 0.05) is 11.1 Å². The second kappa shape index (κ2) is 6.26. The Kier molecular flexibility index (Phi) is 4.43. The molecule has 3 nitrogen and oxygen atoms in total. The summed E-state index contributed by atoms with van der Waals surface area (Å²) in [6, 6.07) is 14.0. The van der Waals surface area contributed by atoms with E-state index < -0.39 is 0 Å². The van der Waals surface area contributed by atoms with E-state index in [1.807, 2.05) is 49.6 Å². The number of nitrogens with one attached hydrogen (secondary N) is 1. The van der Waals surface area contributed by atoms with Gasteiger partial charge in [0.1, 0.15) is 6.07 Å². The van der Waals surface area contributed by atoms with Gasteiger partial charge in [-0.15, -0.1) is 11.8 Å². The number of hydrogen-bond acceptors (Lipinski definition) is 4. The highest BCUT2D eigenvalue weighted by molar-refractivity contribution is 7.98. The normalized spacial score (nSPS) is 11.6. The maximum Gasteiger partial charge on any atom is 0.102 e. The summed E-state index contributed by atoms with van der Waals surface area (Å²) in [5.41, 5.74) is 2.51. The first-order valence-corrected chi connectivity index (χ1v) is 7.23. The number of rotatable bonds is 4. The van der Waals surface area contributed by atoms with Gasteiger partial charge < -0.3 is 5.32 Å². The van der Waals surface area contributed by atoms with Gasteiger partial charge in [0.2, 0.25) is 0 Å². The minimum absolute atomic E-state index is 0.0606. The van der Waals surface area contributed by atoms with Crippen molar-refractivity contribution < 1.29 is 0 Å². The summed E-state index contributed by atoms with van der Waals surface area (Å²) in [6.45, 7) is 2.04. The van der Waals surface area contributed by atoms with Crippen molar-refractivity contribution in [1.29, 1.82) is 5.26 Å². The Morgan fingerprint density at radius 2 is 2.11 bits per heavy atom. The van der Waals surface area contributed by atoms with Crippen LogP contribution in [-0.4, -0.2) is 11.2 Å². The molecule has 0 bridgehead atoms. The number of benzene rings is 1. The fourth-order valence-corrected chi connectivity index (χ4v) is 2.45. The molecule has 1 heterocycles. The first-order valence-electron chi connectivity index (χ1n) is 6.01. The Morgan fingerprint density at radius 3 is 2.74 bits per heavy atom. The number of anilines is 1. The van der Waals surface area contributed by atoms with Crippen molar-refractivity contribution >= 4 is 17.4 Å². The van der Waals surface area contributed by atoms with Crippen molar-refractivity contribution in [1.82, 2.24) is 4.98 Å². The van der Waals surface area contributed by atoms with Crippen LogP contribution in [0.4, 0.5) is 5.69 Å². The lowest BCUT2D eigenvalue weighted by Crippen LogP contribution is -2.09. The highest BCUT2D eigenvalue weighted by Gasteiger charge is 2.11. The molecule has 0 aliphatic carbocycles. The van der Waals surface area contributed by atoms with E-state index in [1.165, 1.54) is 0 Å². The zero-order valence-electron chi connectivity index (χ0n) is 10.9. The van der Waals surface area contributed by atoms with Crippen LogP contribution in [0.1, 0.15) is 24.2 Å². The van der Waals surface area contributed by atoms with Crippen molar-refractivity contribution in [2.75, 3.05) is 11.6 Å². The molecule has 1 atom stereocenters. The van der Waals surface area contributed by atoms with Crippen LogP contribution in [0.2, 0.25) is 0 Å². The Bertz CT molecular complexity index is 590. The first kappa shape index (κ1) is 13.4. The molecule has 1 aromatic carbocycles. The maximum atomic E-state index is 9.29. The smallest absolute Gasteiger partial charge is 0.102 e. The van der Waals surface area contributed by atoms with Gasteiger partial charge in [-0.05, 0) is 37.4 Å². The first-order chi connectivity index (χ1) is 9.26. The topological polar surface area (TPSA) is 48.7 Å². The predicted octanol–water partition coefficient (Wildman–Crippen LogP) is 3.85. The van der Waals surface area contributed by atoms with Gasteiger partial charge in [0.05, 0.1) is 23.0 Å². The van der Waals surface area contributed by atoms with Gasteiger partial charge in [-0.25, -0.2) is 0 Å². The third-order valence-electron chi connectivity index (χ3n) is 2.86. The fraction of sp³-hybridized carbons (Fsp3) is 0.200. The summed E-state index contributed by atoms with van der Waals surface area (Å²) in [5.74, 6) is 0. The van der Waals surface area contributed by atoms with E-state index >= 15 is 0 Å². The molecular formula is C15H15N3S. The minimum atomic E-state index is 0.0606. The van der Waals surface area contributed by atoms with Crippen molar-refractivity contribution in [2.24, 2.45) is 0 Å². The van der Waals surface area contributed by atoms with Crippen molar-refractivity contribution in [3.63, 3.8) is 0 Å². The molecule has 0 saturated carbocycles. The number of aromatic nitrogens is 1. The quantitative estimate of drug-likeness (QED) is 0.856. The summed E-state index contributed by atoms with van der Waals surface area (Å²) in [5, 5.41) is 12.6. The Hall–Kier alpha value is -1.99. The van der Waals surface area contributed by atoms with E-state index in [2.05, 4.69) is 16.4 Å². The van der Waals surface area contributed by atoms with Crippen LogP contribution in [0.3, 0.4) is 0 Å². The third-order valence-corrected chi connectivity index (χ3v) is 3.64. The van der Waals surface area contributed by atoms with E-state index in [-0.39, 0.29) is 6.04 Å². The lowest BCUT2D eigenvalue weighted by atomic mass is 10.1. The SMILES string of the molecule is CSc1cccc(NC(C)c2ccccn2)c1C#N. The molecule has 1 N–H and O–H groups in total. The zero-order chi connectivity index (χ0) is 13.7. The van der Waals surface area contributed by atoms with Crippen LogP contribution in [0.25, 0.3) is 0 Å². The maximum absolute atomic E-state index is 9.29. The lowest BCUT2D eigenvalue weighted by molar-refractivity contribution is 0.838. The monoisotopic (exact) mass is 269 g/mol. The summed E-state index contributed by atoms with van der Waals surface area (Å²) in [6.07, 6.45) is 3.75. The third kappa shape index (κ3) is 3.07. The summed E-state index contributed by atoms with van der Waals surface area (Å²) < 4.78 is 0. The molecule has 0 radical (unpaired) electrons. The summed E-state index contributed by atoms with van der Waals surface area (Å²) >= 11 is 1.58. The van der Waals surface area contributed by atoms with Crippen LogP contribution in [0.15, 0.2) is 47.5 Å². The summed E-state index contributed by atoms with van der Waals surface area (Å²) in [7, 11) is 0. The second-order valence-electron chi connectivity index (χ2n) is 4.12. The molecule has 4 heteroatoms. The van der Waals surface area contributed by atoms with Crippen LogP contribution in [0.5, 0.6) is 0 Å². The van der Waals surface area contributed by atoms with E-state index in [0.29, 0.717) is 5.56 Å². The van der Waals surface area contributed by atoms with E-state index in [1.54, 1.807) is 18.0 Å². The zero-order valence-corrected chi connectivity index (χ0v) is 11.7. The van der Waals surface area contributed by atoms with Gasteiger partial charge in [-0.1, -0.05) is 12.1 Å². The Labute approximate surface area is 117 Å². The molecule has 19 heavy (non-hydrogen) atoms. The molecular weight excluding hydrogens is 254 g/mol. The van der Waals surface area contributed by atoms with E-state index in [9.17, 15) is 5.26 Å². The minimum Gasteiger partial charge on any atom is -0.376 e. The standard InChI is InChI=1S/C15H15N3S/c1-11(13-6-3-4-9-17-13)18-14-7-5-8-15(19-2)12(14)10-16/h3-9,11,18H,1-2H3. The molecule has 0 fully saturated rings. The van der Waals surface area contributed by atoms with E-state index in [0.717, 1.165) is 16.3 Å². The molecule has 0 saturated heterocycles. The van der Waals surface area contributed by atoms with Crippen LogP contribution in [0, 0.1) is 11.3 Å². The predicted molar refractivity (Wildman–Crippen MR) is 79.2 cm³/mol. The van der Waals surface area contributed by atoms with Gasteiger partial charge in [0.15, 0.2) is 0 Å².